The van der Waals surface area contributed by atoms with Crippen LogP contribution in [0.4, 0.5) is 16.2 Å². The fourth-order valence-electron chi connectivity index (χ4n) is 2.69. The number of amides is 2. The molecule has 1 atom stereocenters. The summed E-state index contributed by atoms with van der Waals surface area (Å²) in [6, 6.07) is 12.1. The zero-order chi connectivity index (χ0) is 20.5. The van der Waals surface area contributed by atoms with Crippen LogP contribution in [0.3, 0.4) is 0 Å². The Morgan fingerprint density at radius 1 is 1.14 bits per heavy atom. The van der Waals surface area contributed by atoms with Gasteiger partial charge in [-0.25, -0.2) is 4.79 Å². The van der Waals surface area contributed by atoms with Gasteiger partial charge in [-0.05, 0) is 60.9 Å². The van der Waals surface area contributed by atoms with Crippen LogP contribution in [0.15, 0.2) is 42.5 Å². The predicted molar refractivity (Wildman–Crippen MR) is 106 cm³/mol. The van der Waals surface area contributed by atoms with Crippen molar-refractivity contribution in [2.24, 2.45) is 0 Å². The Labute approximate surface area is 164 Å². The normalized spacial score (nSPS) is 11.2. The van der Waals surface area contributed by atoms with E-state index in [2.05, 4.69) is 16.0 Å². The van der Waals surface area contributed by atoms with E-state index in [1.165, 1.54) is 0 Å². The maximum Gasteiger partial charge on any atom is 0.319 e. The molecule has 0 radical (unpaired) electrons. The number of carbonyl (C=O) groups is 2. The summed E-state index contributed by atoms with van der Waals surface area (Å²) in [5, 5.41) is 29.0. The Morgan fingerprint density at radius 2 is 1.86 bits per heavy atom. The van der Waals surface area contributed by atoms with Gasteiger partial charge in [0, 0.05) is 17.9 Å². The third kappa shape index (κ3) is 6.02. The molecule has 146 valence electrons. The molecule has 2 aromatic carbocycles. The second kappa shape index (κ2) is 9.97. The Balaban J connectivity index is 2.19. The van der Waals surface area contributed by atoms with E-state index in [0.717, 1.165) is 18.4 Å². The molecule has 2 rings (SSSR count). The van der Waals surface area contributed by atoms with Crippen LogP contribution in [-0.2, 0) is 4.79 Å². The van der Waals surface area contributed by atoms with Crippen molar-refractivity contribution < 1.29 is 14.7 Å². The summed E-state index contributed by atoms with van der Waals surface area (Å²) in [6.07, 6.45) is 1.86. The Kier molecular flexibility index (Phi) is 7.40. The number of nitrogens with one attached hydrogen (secondary N) is 3. The lowest BCUT2D eigenvalue weighted by atomic mass is 10.0. The number of rotatable bonds is 8. The average molecular weight is 379 g/mol. The van der Waals surface area contributed by atoms with Gasteiger partial charge in [-0.15, -0.1) is 0 Å². The SMILES string of the molecule is CCCCNC(=O)Nc1cc(C)cc(C(Nc2ccc(C#N)cc2)C(=O)[O-])c1. The summed E-state index contributed by atoms with van der Waals surface area (Å²) in [6.45, 7) is 4.42. The first-order chi connectivity index (χ1) is 13.4. The Hall–Kier alpha value is -3.53. The van der Waals surface area contributed by atoms with Gasteiger partial charge in [0.15, 0.2) is 0 Å². The lowest BCUT2D eigenvalue weighted by Gasteiger charge is -2.22. The summed E-state index contributed by atoms with van der Waals surface area (Å²) < 4.78 is 0. The number of hydrogen-bond acceptors (Lipinski definition) is 5. The van der Waals surface area contributed by atoms with Crippen molar-refractivity contribution in [1.82, 2.24) is 5.32 Å². The van der Waals surface area contributed by atoms with E-state index in [-0.39, 0.29) is 6.03 Å². The second-order valence-corrected chi connectivity index (χ2v) is 6.45. The minimum Gasteiger partial charge on any atom is -0.548 e. The summed E-state index contributed by atoms with van der Waals surface area (Å²) >= 11 is 0. The minimum atomic E-state index is -1.30. The number of nitriles is 1. The third-order valence-electron chi connectivity index (χ3n) is 4.07. The van der Waals surface area contributed by atoms with Crippen LogP contribution >= 0.6 is 0 Å². The molecule has 0 fully saturated rings. The monoisotopic (exact) mass is 379 g/mol. The smallest absolute Gasteiger partial charge is 0.319 e. The van der Waals surface area contributed by atoms with Crippen LogP contribution < -0.4 is 21.1 Å². The number of benzene rings is 2. The molecule has 0 bridgehead atoms. The minimum absolute atomic E-state index is 0.338. The van der Waals surface area contributed by atoms with E-state index < -0.39 is 12.0 Å². The molecule has 0 saturated heterocycles. The van der Waals surface area contributed by atoms with Crippen molar-refractivity contribution in [3.63, 3.8) is 0 Å². The largest absolute Gasteiger partial charge is 0.548 e. The van der Waals surface area contributed by atoms with E-state index in [1.807, 2.05) is 19.9 Å². The lowest BCUT2D eigenvalue weighted by Crippen LogP contribution is -2.34. The number of carboxylic acids is 1. The van der Waals surface area contributed by atoms with Crippen molar-refractivity contribution in [2.45, 2.75) is 32.7 Å². The van der Waals surface area contributed by atoms with Crippen LogP contribution in [0, 0.1) is 18.3 Å². The number of nitrogens with zero attached hydrogens (tertiary/aromatic N) is 1. The second-order valence-electron chi connectivity index (χ2n) is 6.45. The maximum absolute atomic E-state index is 12.0. The van der Waals surface area contributed by atoms with Gasteiger partial charge in [-0.2, -0.15) is 5.26 Å². The van der Waals surface area contributed by atoms with Crippen LogP contribution in [0.1, 0.15) is 42.5 Å². The molecule has 1 unspecified atom stereocenters. The molecule has 0 saturated carbocycles. The van der Waals surface area contributed by atoms with E-state index in [1.54, 1.807) is 42.5 Å². The number of hydrogen-bond donors (Lipinski definition) is 3. The Bertz CT molecular complexity index is 872. The van der Waals surface area contributed by atoms with Gasteiger partial charge in [-0.1, -0.05) is 19.4 Å². The standard InChI is InChI=1S/C21H24N4O3/c1-3-4-9-23-21(28)25-18-11-14(2)10-16(12-18)19(20(26)27)24-17-7-5-15(13-22)6-8-17/h5-8,10-12,19,24H,3-4,9H2,1-2H3,(H,26,27)(H2,23,25,28)/p-1. The van der Waals surface area contributed by atoms with Gasteiger partial charge in [0.25, 0.3) is 0 Å². The molecule has 3 N–H and O–H groups in total. The maximum atomic E-state index is 12.0. The van der Waals surface area contributed by atoms with E-state index in [4.69, 9.17) is 5.26 Å². The number of carboxylic acid groups (broad SMARTS) is 1. The average Bonchev–Trinajstić information content (AvgIpc) is 2.66. The molecule has 0 spiro atoms. The summed E-state index contributed by atoms with van der Waals surface area (Å²) in [5.74, 6) is -1.30. The molecular formula is C21H23N4O3-. The van der Waals surface area contributed by atoms with Crippen molar-refractivity contribution in [1.29, 1.82) is 5.26 Å². The predicted octanol–water partition coefficient (Wildman–Crippen LogP) is 2.69. The molecule has 28 heavy (non-hydrogen) atoms. The van der Waals surface area contributed by atoms with E-state index in [0.29, 0.717) is 29.0 Å². The fraction of sp³-hybridized carbons (Fsp3) is 0.286. The van der Waals surface area contributed by atoms with Gasteiger partial charge >= 0.3 is 6.03 Å². The molecule has 7 heteroatoms. The molecule has 2 amide bonds. The summed E-state index contributed by atoms with van der Waals surface area (Å²) in [7, 11) is 0. The van der Waals surface area contributed by atoms with Crippen LogP contribution in [0.2, 0.25) is 0 Å². The van der Waals surface area contributed by atoms with Gasteiger partial charge in [0.2, 0.25) is 0 Å². The number of unbranched alkanes of at least 4 members (excludes halogenated alkanes) is 1. The van der Waals surface area contributed by atoms with Crippen molar-refractivity contribution in [3.8, 4) is 6.07 Å². The molecule has 7 nitrogen and oxygen atoms in total. The first-order valence-corrected chi connectivity index (χ1v) is 9.07. The zero-order valence-electron chi connectivity index (χ0n) is 15.9. The van der Waals surface area contributed by atoms with Gasteiger partial charge in [0.1, 0.15) is 0 Å². The first kappa shape index (κ1) is 20.8. The van der Waals surface area contributed by atoms with Crippen LogP contribution in [0.5, 0.6) is 0 Å². The highest BCUT2D eigenvalue weighted by molar-refractivity contribution is 5.89. The van der Waals surface area contributed by atoms with Crippen LogP contribution in [-0.4, -0.2) is 18.5 Å². The molecule has 0 aliphatic heterocycles. The number of anilines is 2. The molecule has 0 heterocycles. The molecule has 2 aromatic rings. The summed E-state index contributed by atoms with van der Waals surface area (Å²) in [5.41, 5.74) is 2.77. The van der Waals surface area contributed by atoms with Crippen molar-refractivity contribution in [2.75, 3.05) is 17.2 Å². The lowest BCUT2D eigenvalue weighted by molar-refractivity contribution is -0.307. The highest BCUT2D eigenvalue weighted by Crippen LogP contribution is 2.24. The van der Waals surface area contributed by atoms with Crippen LogP contribution in [0.25, 0.3) is 0 Å². The number of carbonyl (C=O) groups excluding carboxylic acids is 2. The molecule has 0 aromatic heterocycles. The fourth-order valence-corrected chi connectivity index (χ4v) is 2.69. The number of aryl methyl sites for hydroxylation is 1. The van der Waals surface area contributed by atoms with Crippen molar-refractivity contribution in [3.05, 3.63) is 59.2 Å². The highest BCUT2D eigenvalue weighted by Gasteiger charge is 2.15. The molecular weight excluding hydrogens is 356 g/mol. The summed E-state index contributed by atoms with van der Waals surface area (Å²) in [4.78, 5) is 23.7. The van der Waals surface area contributed by atoms with Crippen molar-refractivity contribution >= 4 is 23.4 Å². The number of urea groups is 1. The third-order valence-corrected chi connectivity index (χ3v) is 4.07. The van der Waals surface area contributed by atoms with E-state index >= 15 is 0 Å². The number of aliphatic carboxylic acids is 1. The van der Waals surface area contributed by atoms with E-state index in [9.17, 15) is 14.7 Å². The zero-order valence-corrected chi connectivity index (χ0v) is 15.9. The first-order valence-electron chi connectivity index (χ1n) is 9.07. The Morgan fingerprint density at radius 3 is 2.46 bits per heavy atom. The molecule has 0 aliphatic carbocycles. The highest BCUT2D eigenvalue weighted by atomic mass is 16.4. The molecule has 0 aliphatic rings. The van der Waals surface area contributed by atoms with Gasteiger partial charge in [-0.3, -0.25) is 0 Å². The van der Waals surface area contributed by atoms with Gasteiger partial charge < -0.3 is 25.9 Å². The quantitative estimate of drug-likeness (QED) is 0.610. The topological polar surface area (TPSA) is 117 Å². The van der Waals surface area contributed by atoms with Gasteiger partial charge in [0.05, 0.1) is 23.6 Å².